The molecule has 0 bridgehead atoms. The van der Waals surface area contributed by atoms with Gasteiger partial charge in [0.2, 0.25) is 5.91 Å². The number of carbonyl (C=O) groups excluding carboxylic acids is 3. The summed E-state index contributed by atoms with van der Waals surface area (Å²) in [6.07, 6.45) is -4.98. The first-order valence-electron chi connectivity index (χ1n) is 9.89. The zero-order valence-corrected chi connectivity index (χ0v) is 18.8. The molecule has 1 N–H and O–H groups in total. The van der Waals surface area contributed by atoms with Crippen molar-refractivity contribution >= 4 is 39.3 Å². The van der Waals surface area contributed by atoms with E-state index in [1.54, 1.807) is 18.2 Å². The minimum atomic E-state index is -4.98. The van der Waals surface area contributed by atoms with E-state index in [9.17, 15) is 31.9 Å². The predicted molar refractivity (Wildman–Crippen MR) is 113 cm³/mol. The van der Waals surface area contributed by atoms with Crippen LogP contribution in [0.2, 0.25) is 0 Å². The van der Waals surface area contributed by atoms with Crippen LogP contribution in [0.5, 0.6) is 11.5 Å². The summed E-state index contributed by atoms with van der Waals surface area (Å²) in [6.45, 7) is -0.518. The topological polar surface area (TPSA) is 88.2 Å². The fraction of sp³-hybridized carbons (Fsp3) is 0.286. The summed E-state index contributed by atoms with van der Waals surface area (Å²) in [7, 11) is 0. The van der Waals surface area contributed by atoms with Gasteiger partial charge in [-0.25, -0.2) is 4.39 Å². The number of benzene rings is 2. The predicted octanol–water partition coefficient (Wildman–Crippen LogP) is 3.17. The van der Waals surface area contributed by atoms with Crippen molar-refractivity contribution in [2.24, 2.45) is 0 Å². The molecule has 4 rings (SSSR count). The van der Waals surface area contributed by atoms with Crippen LogP contribution in [-0.2, 0) is 9.59 Å². The fourth-order valence-corrected chi connectivity index (χ4v) is 4.04. The van der Waals surface area contributed by atoms with Crippen LogP contribution < -0.4 is 14.8 Å². The third-order valence-electron chi connectivity index (χ3n) is 5.25. The van der Waals surface area contributed by atoms with E-state index in [2.05, 4.69) is 26.0 Å². The van der Waals surface area contributed by atoms with E-state index in [1.807, 2.05) is 0 Å². The van der Waals surface area contributed by atoms with Gasteiger partial charge in [0.1, 0.15) is 11.8 Å². The molecule has 0 radical (unpaired) electrons. The van der Waals surface area contributed by atoms with Crippen molar-refractivity contribution in [1.82, 2.24) is 9.80 Å². The molecule has 1 saturated heterocycles. The lowest BCUT2D eigenvalue weighted by atomic mass is 10.1. The zero-order chi connectivity index (χ0) is 24.6. The summed E-state index contributed by atoms with van der Waals surface area (Å²) in [5.74, 6) is -3.75. The Morgan fingerprint density at radius 2 is 1.91 bits per heavy atom. The van der Waals surface area contributed by atoms with Crippen molar-refractivity contribution in [1.29, 1.82) is 0 Å². The van der Waals surface area contributed by atoms with Crippen LogP contribution in [0.4, 0.5) is 23.2 Å². The highest BCUT2D eigenvalue weighted by molar-refractivity contribution is 9.10. The third kappa shape index (κ3) is 5.08. The first-order valence-corrected chi connectivity index (χ1v) is 10.7. The van der Waals surface area contributed by atoms with Crippen LogP contribution in [0.3, 0.4) is 0 Å². The second-order valence-electron chi connectivity index (χ2n) is 7.46. The van der Waals surface area contributed by atoms with Gasteiger partial charge in [0, 0.05) is 23.6 Å². The van der Waals surface area contributed by atoms with E-state index < -0.39 is 48.1 Å². The lowest BCUT2D eigenvalue weighted by Crippen LogP contribution is -2.60. The Balaban J connectivity index is 1.40. The fourth-order valence-electron chi connectivity index (χ4n) is 3.68. The highest BCUT2D eigenvalue weighted by atomic mass is 79.9. The quantitative estimate of drug-likeness (QED) is 0.596. The molecule has 3 amide bonds. The van der Waals surface area contributed by atoms with Gasteiger partial charge in [-0.1, -0.05) is 15.9 Å². The number of rotatable bonds is 4. The van der Waals surface area contributed by atoms with Gasteiger partial charge < -0.3 is 24.6 Å². The number of halogens is 5. The SMILES string of the molecule is O=C1Nc2ccc(Br)cc2C(=O)N2CCN(C(=O)COc3ccc(OC(F)(F)F)cc3F)CC12. The molecule has 0 aromatic heterocycles. The van der Waals surface area contributed by atoms with Crippen LogP contribution in [0, 0.1) is 5.82 Å². The Bertz CT molecular complexity index is 1160. The summed E-state index contributed by atoms with van der Waals surface area (Å²) in [5, 5.41) is 2.69. The van der Waals surface area contributed by atoms with Crippen LogP contribution in [-0.4, -0.2) is 66.2 Å². The molecular formula is C21H16BrF4N3O5. The summed E-state index contributed by atoms with van der Waals surface area (Å²) in [6, 6.07) is 6.21. The molecule has 1 unspecified atom stereocenters. The number of amides is 3. The number of hydrogen-bond acceptors (Lipinski definition) is 5. The van der Waals surface area contributed by atoms with Crippen LogP contribution in [0.1, 0.15) is 10.4 Å². The van der Waals surface area contributed by atoms with Crippen LogP contribution >= 0.6 is 15.9 Å². The number of ether oxygens (including phenoxy) is 2. The number of piperazine rings is 1. The molecule has 2 aromatic carbocycles. The van der Waals surface area contributed by atoms with E-state index in [4.69, 9.17) is 4.74 Å². The minimum Gasteiger partial charge on any atom is -0.481 e. The van der Waals surface area contributed by atoms with Gasteiger partial charge in [0.15, 0.2) is 18.2 Å². The maximum absolute atomic E-state index is 14.0. The van der Waals surface area contributed by atoms with Crippen molar-refractivity contribution < 1.29 is 41.4 Å². The van der Waals surface area contributed by atoms with E-state index in [-0.39, 0.29) is 25.5 Å². The average Bonchev–Trinajstić information content (AvgIpc) is 2.86. The molecule has 0 spiro atoms. The lowest BCUT2D eigenvalue weighted by Gasteiger charge is -2.39. The first kappa shape index (κ1) is 23.8. The lowest BCUT2D eigenvalue weighted by molar-refractivity contribution is -0.274. The summed E-state index contributed by atoms with van der Waals surface area (Å²) < 4.78 is 60.2. The van der Waals surface area contributed by atoms with Gasteiger partial charge in [-0.05, 0) is 30.3 Å². The second-order valence-corrected chi connectivity index (χ2v) is 8.38. The molecule has 0 saturated carbocycles. The second kappa shape index (κ2) is 9.12. The standard InChI is InChI=1S/C21H16BrF4N3O5/c22-11-1-3-15-13(7-11)20(32)29-6-5-28(9-16(29)19(31)27-15)18(30)10-33-17-4-2-12(8-14(17)23)34-21(24,25)26/h1-4,7-8,16H,5-6,9-10H2,(H,27,31). The van der Waals surface area contributed by atoms with Crippen molar-refractivity contribution in [2.75, 3.05) is 31.6 Å². The number of nitrogens with zero attached hydrogens (tertiary/aromatic N) is 2. The Hall–Kier alpha value is -3.35. The van der Waals surface area contributed by atoms with Crippen molar-refractivity contribution in [3.8, 4) is 11.5 Å². The molecule has 13 heteroatoms. The van der Waals surface area contributed by atoms with Crippen LogP contribution in [0.15, 0.2) is 40.9 Å². The molecule has 2 aromatic rings. The Morgan fingerprint density at radius 1 is 1.15 bits per heavy atom. The maximum Gasteiger partial charge on any atom is 0.573 e. The van der Waals surface area contributed by atoms with Crippen molar-refractivity contribution in [3.63, 3.8) is 0 Å². The number of nitrogens with one attached hydrogen (secondary N) is 1. The molecule has 180 valence electrons. The molecule has 8 nitrogen and oxygen atoms in total. The molecule has 0 aliphatic carbocycles. The molecule has 1 atom stereocenters. The molecule has 2 aliphatic heterocycles. The first-order chi connectivity index (χ1) is 16.0. The Morgan fingerprint density at radius 3 is 2.62 bits per heavy atom. The summed E-state index contributed by atoms with van der Waals surface area (Å²) in [5.41, 5.74) is 0.684. The van der Waals surface area contributed by atoms with E-state index in [0.717, 1.165) is 12.1 Å². The zero-order valence-electron chi connectivity index (χ0n) is 17.2. The van der Waals surface area contributed by atoms with Gasteiger partial charge in [-0.2, -0.15) is 0 Å². The van der Waals surface area contributed by atoms with Gasteiger partial charge in [-0.3, -0.25) is 14.4 Å². The van der Waals surface area contributed by atoms with E-state index in [1.165, 1.54) is 9.80 Å². The molecule has 2 aliphatic rings. The summed E-state index contributed by atoms with van der Waals surface area (Å²) >= 11 is 3.30. The summed E-state index contributed by atoms with van der Waals surface area (Å²) in [4.78, 5) is 41.0. The van der Waals surface area contributed by atoms with Crippen molar-refractivity contribution in [2.45, 2.75) is 12.4 Å². The van der Waals surface area contributed by atoms with Gasteiger partial charge in [0.25, 0.3) is 11.8 Å². The average molecular weight is 546 g/mol. The number of alkyl halides is 3. The third-order valence-corrected chi connectivity index (χ3v) is 5.75. The van der Waals surface area contributed by atoms with E-state index in [0.29, 0.717) is 21.8 Å². The van der Waals surface area contributed by atoms with Gasteiger partial charge >= 0.3 is 6.36 Å². The molecular weight excluding hydrogens is 530 g/mol. The van der Waals surface area contributed by atoms with E-state index >= 15 is 0 Å². The molecule has 1 fully saturated rings. The highest BCUT2D eigenvalue weighted by Crippen LogP contribution is 2.29. The number of fused-ring (bicyclic) bond motifs is 2. The number of hydrogen-bond donors (Lipinski definition) is 1. The Kier molecular flexibility index (Phi) is 6.39. The Labute approximate surface area is 198 Å². The minimum absolute atomic E-state index is 0.0897. The smallest absolute Gasteiger partial charge is 0.481 e. The van der Waals surface area contributed by atoms with Gasteiger partial charge in [-0.15, -0.1) is 13.2 Å². The van der Waals surface area contributed by atoms with Crippen LogP contribution in [0.25, 0.3) is 0 Å². The monoisotopic (exact) mass is 545 g/mol. The molecule has 2 heterocycles. The molecule has 34 heavy (non-hydrogen) atoms. The highest BCUT2D eigenvalue weighted by Gasteiger charge is 2.40. The normalized spacial score (nSPS) is 18.0. The van der Waals surface area contributed by atoms with Gasteiger partial charge in [0.05, 0.1) is 17.8 Å². The largest absolute Gasteiger partial charge is 0.573 e. The van der Waals surface area contributed by atoms with Crippen molar-refractivity contribution in [3.05, 3.63) is 52.3 Å². The maximum atomic E-state index is 14.0. The number of anilines is 1. The number of carbonyl (C=O) groups is 3.